The van der Waals surface area contributed by atoms with Crippen LogP contribution in [-0.2, 0) is 14.3 Å². The van der Waals surface area contributed by atoms with Crippen molar-refractivity contribution in [1.82, 2.24) is 0 Å². The third kappa shape index (κ3) is 5.59. The van der Waals surface area contributed by atoms with Crippen LogP contribution in [0.3, 0.4) is 0 Å². The molecule has 3 unspecified atom stereocenters. The maximum atomic E-state index is 13.6. The summed E-state index contributed by atoms with van der Waals surface area (Å²) in [4.78, 5) is 26.1. The molecule has 0 aliphatic carbocycles. The van der Waals surface area contributed by atoms with Gasteiger partial charge in [0.25, 0.3) is 0 Å². The van der Waals surface area contributed by atoms with E-state index >= 15 is 0 Å². The Morgan fingerprint density at radius 3 is 2.36 bits per heavy atom. The molecule has 0 radical (unpaired) electrons. The van der Waals surface area contributed by atoms with Crippen LogP contribution < -0.4 is 10.2 Å². The molecule has 4 aromatic rings. The largest absolute Gasteiger partial charge is 0.508 e. The SMILES string of the molecule is CC1O[C@@H](Oc2c(-c3ccc(O)c(O)c3)oc3cc(O)cc(O)c3c2=O)C(O)C(OC(=O)/C=C/c2ccccc2)[C@H]1O. The third-order valence-corrected chi connectivity index (χ3v) is 6.63. The molecule has 12 nitrogen and oxygen atoms in total. The molecule has 1 fully saturated rings. The Bertz CT molecular complexity index is 1710. The zero-order valence-electron chi connectivity index (χ0n) is 21.9. The fourth-order valence-corrected chi connectivity index (χ4v) is 4.48. The Morgan fingerprint density at radius 2 is 1.64 bits per heavy atom. The van der Waals surface area contributed by atoms with Gasteiger partial charge in [0.05, 0.1) is 6.10 Å². The first-order valence-corrected chi connectivity index (χ1v) is 12.7. The number of carbonyl (C=O) groups is 1. The number of aromatic hydroxyl groups is 4. The quantitative estimate of drug-likeness (QED) is 0.111. The summed E-state index contributed by atoms with van der Waals surface area (Å²) < 4.78 is 22.5. The summed E-state index contributed by atoms with van der Waals surface area (Å²) in [6.45, 7) is 1.43. The molecule has 1 saturated heterocycles. The topological polar surface area (TPSA) is 196 Å². The average molecular weight is 579 g/mol. The predicted octanol–water partition coefficient (Wildman–Crippen LogP) is 2.75. The van der Waals surface area contributed by atoms with Crippen LogP contribution in [0.5, 0.6) is 28.7 Å². The molecule has 42 heavy (non-hydrogen) atoms. The number of ether oxygens (including phenoxy) is 3. The summed E-state index contributed by atoms with van der Waals surface area (Å²) in [6.07, 6.45) is -4.95. The Morgan fingerprint density at radius 1 is 0.905 bits per heavy atom. The van der Waals surface area contributed by atoms with Crippen molar-refractivity contribution in [3.05, 3.63) is 82.5 Å². The Labute approximate surface area is 237 Å². The molecule has 12 heteroatoms. The number of carbonyl (C=O) groups excluding carboxylic acids is 1. The second-order valence-corrected chi connectivity index (χ2v) is 9.59. The monoisotopic (exact) mass is 578 g/mol. The van der Waals surface area contributed by atoms with E-state index in [1.54, 1.807) is 24.3 Å². The molecule has 5 rings (SSSR count). The second-order valence-electron chi connectivity index (χ2n) is 9.59. The third-order valence-electron chi connectivity index (χ3n) is 6.63. The van der Waals surface area contributed by atoms with Crippen molar-refractivity contribution >= 4 is 23.0 Å². The number of benzene rings is 3. The highest BCUT2D eigenvalue weighted by atomic mass is 16.7. The molecule has 1 aliphatic rings. The Hall–Kier alpha value is -5.04. The molecule has 0 amide bonds. The second kappa shape index (κ2) is 11.4. The lowest BCUT2D eigenvalue weighted by Crippen LogP contribution is -2.59. The summed E-state index contributed by atoms with van der Waals surface area (Å²) in [5.74, 6) is -3.83. The van der Waals surface area contributed by atoms with Crippen molar-refractivity contribution < 1.29 is 54.1 Å². The van der Waals surface area contributed by atoms with Gasteiger partial charge in [0, 0.05) is 23.8 Å². The summed E-state index contributed by atoms with van der Waals surface area (Å²) in [5.41, 5.74) is -0.428. The Kier molecular flexibility index (Phi) is 7.77. The lowest BCUT2D eigenvalue weighted by atomic mass is 9.99. The van der Waals surface area contributed by atoms with Gasteiger partial charge in [-0.05, 0) is 36.8 Å². The van der Waals surface area contributed by atoms with Crippen LogP contribution in [0.1, 0.15) is 12.5 Å². The molecule has 2 heterocycles. The number of phenols is 4. The first-order valence-electron chi connectivity index (χ1n) is 12.7. The molecule has 218 valence electrons. The average Bonchev–Trinajstić information content (AvgIpc) is 2.95. The molecule has 0 saturated carbocycles. The Balaban J connectivity index is 1.51. The summed E-state index contributed by atoms with van der Waals surface area (Å²) in [7, 11) is 0. The molecule has 1 aromatic heterocycles. The van der Waals surface area contributed by atoms with Gasteiger partial charge in [-0.15, -0.1) is 0 Å². The summed E-state index contributed by atoms with van der Waals surface area (Å²) >= 11 is 0. The fourth-order valence-electron chi connectivity index (χ4n) is 4.48. The minimum atomic E-state index is -1.81. The van der Waals surface area contributed by atoms with Gasteiger partial charge in [0.1, 0.15) is 28.6 Å². The highest BCUT2D eigenvalue weighted by Gasteiger charge is 2.47. The number of aliphatic hydroxyl groups excluding tert-OH is 2. The molecule has 0 bridgehead atoms. The minimum absolute atomic E-state index is 0.0366. The van der Waals surface area contributed by atoms with Crippen LogP contribution in [-0.4, -0.2) is 67.3 Å². The van der Waals surface area contributed by atoms with E-state index in [1.165, 1.54) is 19.1 Å². The predicted molar refractivity (Wildman–Crippen MR) is 147 cm³/mol. The molecule has 5 atom stereocenters. The smallest absolute Gasteiger partial charge is 0.331 e. The lowest BCUT2D eigenvalue weighted by Gasteiger charge is -2.40. The van der Waals surface area contributed by atoms with Gasteiger partial charge in [0.15, 0.2) is 29.5 Å². The van der Waals surface area contributed by atoms with Crippen LogP contribution in [0, 0.1) is 0 Å². The number of fused-ring (bicyclic) bond motifs is 1. The highest BCUT2D eigenvalue weighted by molar-refractivity contribution is 5.88. The number of hydrogen-bond acceptors (Lipinski definition) is 12. The van der Waals surface area contributed by atoms with Crippen molar-refractivity contribution in [2.75, 3.05) is 0 Å². The van der Waals surface area contributed by atoms with E-state index in [0.29, 0.717) is 5.56 Å². The normalized spacial score (nSPS) is 22.3. The molecule has 6 N–H and O–H groups in total. The van der Waals surface area contributed by atoms with Gasteiger partial charge in [0.2, 0.25) is 17.5 Å². The van der Waals surface area contributed by atoms with Gasteiger partial charge in [-0.25, -0.2) is 4.79 Å². The lowest BCUT2D eigenvalue weighted by molar-refractivity contribution is -0.271. The standard InChI is InChI=1S/C30H26O12/c1-14-24(36)28(41-22(35)10-7-15-5-3-2-4-6-15)26(38)30(39-14)42-29-25(37)23-20(34)12-17(31)13-21(23)40-27(29)16-8-9-18(32)19(33)11-16/h2-14,24,26,28,30-34,36,38H,1H3/b10-7+/t14?,24-,26?,28?,30-/m0/s1. The molecule has 3 aromatic carbocycles. The van der Waals surface area contributed by atoms with Crippen LogP contribution in [0.15, 0.2) is 76.0 Å². The van der Waals surface area contributed by atoms with E-state index in [-0.39, 0.29) is 22.3 Å². The van der Waals surface area contributed by atoms with Gasteiger partial charge in [-0.1, -0.05) is 30.3 Å². The summed E-state index contributed by atoms with van der Waals surface area (Å²) in [6, 6.07) is 14.4. The number of phenolic OH excluding ortho intramolecular Hbond substituents is 4. The van der Waals surface area contributed by atoms with Crippen LogP contribution in [0.2, 0.25) is 0 Å². The molecular weight excluding hydrogens is 552 g/mol. The number of rotatable bonds is 6. The molecule has 0 spiro atoms. The van der Waals surface area contributed by atoms with E-state index in [0.717, 1.165) is 30.3 Å². The van der Waals surface area contributed by atoms with Crippen LogP contribution in [0.25, 0.3) is 28.4 Å². The van der Waals surface area contributed by atoms with E-state index < -0.39 is 70.9 Å². The van der Waals surface area contributed by atoms with Crippen molar-refractivity contribution in [2.45, 2.75) is 37.6 Å². The number of hydrogen-bond donors (Lipinski definition) is 6. The van der Waals surface area contributed by atoms with Crippen molar-refractivity contribution in [3.8, 4) is 40.1 Å². The van der Waals surface area contributed by atoms with E-state index in [9.17, 15) is 40.2 Å². The zero-order chi connectivity index (χ0) is 30.1. The number of esters is 1. The van der Waals surface area contributed by atoms with Crippen LogP contribution >= 0.6 is 0 Å². The van der Waals surface area contributed by atoms with Crippen molar-refractivity contribution in [1.29, 1.82) is 0 Å². The van der Waals surface area contributed by atoms with E-state index in [4.69, 9.17) is 18.6 Å². The maximum Gasteiger partial charge on any atom is 0.331 e. The highest BCUT2D eigenvalue weighted by Crippen LogP contribution is 2.39. The number of aliphatic hydroxyl groups is 2. The van der Waals surface area contributed by atoms with Gasteiger partial charge in [-0.3, -0.25) is 4.79 Å². The van der Waals surface area contributed by atoms with E-state index in [1.807, 2.05) is 6.07 Å². The maximum absolute atomic E-state index is 13.6. The minimum Gasteiger partial charge on any atom is -0.508 e. The van der Waals surface area contributed by atoms with Crippen molar-refractivity contribution in [2.24, 2.45) is 0 Å². The van der Waals surface area contributed by atoms with Crippen molar-refractivity contribution in [3.63, 3.8) is 0 Å². The fraction of sp³-hybridized carbons (Fsp3) is 0.200. The van der Waals surface area contributed by atoms with E-state index in [2.05, 4.69) is 0 Å². The first kappa shape index (κ1) is 28.5. The molecule has 1 aliphatic heterocycles. The van der Waals surface area contributed by atoms with Gasteiger partial charge < -0.3 is 49.3 Å². The summed E-state index contributed by atoms with van der Waals surface area (Å²) in [5, 5.41) is 61.4. The first-order chi connectivity index (χ1) is 20.0. The molecular formula is C30H26O12. The van der Waals surface area contributed by atoms with Gasteiger partial charge in [-0.2, -0.15) is 0 Å². The van der Waals surface area contributed by atoms with Gasteiger partial charge >= 0.3 is 5.97 Å². The zero-order valence-corrected chi connectivity index (χ0v) is 21.9. The van der Waals surface area contributed by atoms with Crippen LogP contribution in [0.4, 0.5) is 0 Å².